The number of nitrogens with zero attached hydrogens (tertiary/aromatic N) is 4. The number of aromatic nitrogens is 4. The van der Waals surface area contributed by atoms with Crippen LogP contribution in [0.15, 0.2) is 29.4 Å². The molecule has 0 aliphatic rings. The first-order valence-corrected chi connectivity index (χ1v) is 12.3. The Bertz CT molecular complexity index is 1160. The van der Waals surface area contributed by atoms with Crippen molar-refractivity contribution in [3.05, 3.63) is 51.8 Å². The van der Waals surface area contributed by atoms with Gasteiger partial charge in [0.15, 0.2) is 0 Å². The number of carbonyl (C=O) groups is 2. The van der Waals surface area contributed by atoms with Gasteiger partial charge in [-0.05, 0) is 57.6 Å². The molecule has 3 aromatic rings. The van der Waals surface area contributed by atoms with Crippen LogP contribution in [0, 0.1) is 13.8 Å². The van der Waals surface area contributed by atoms with E-state index in [9.17, 15) is 9.59 Å². The highest BCUT2D eigenvalue weighted by atomic mass is 35.5. The summed E-state index contributed by atoms with van der Waals surface area (Å²) in [5.41, 5.74) is 3.34. The van der Waals surface area contributed by atoms with Gasteiger partial charge in [0.05, 0.1) is 18.6 Å². The van der Waals surface area contributed by atoms with Crippen molar-refractivity contribution in [2.75, 3.05) is 6.26 Å². The fraction of sp³-hybridized carbons (Fsp3) is 0.435. The third-order valence-electron chi connectivity index (χ3n) is 5.17. The van der Waals surface area contributed by atoms with E-state index >= 15 is 0 Å². The zero-order valence-corrected chi connectivity index (χ0v) is 21.0. The van der Waals surface area contributed by atoms with Crippen LogP contribution < -0.4 is 5.32 Å². The van der Waals surface area contributed by atoms with Gasteiger partial charge in [0.2, 0.25) is 11.1 Å². The highest BCUT2D eigenvalue weighted by Crippen LogP contribution is 2.26. The van der Waals surface area contributed by atoms with Crippen LogP contribution in [0.1, 0.15) is 55.2 Å². The van der Waals surface area contributed by atoms with E-state index in [-0.39, 0.29) is 24.9 Å². The zero-order chi connectivity index (χ0) is 24.1. The van der Waals surface area contributed by atoms with Crippen molar-refractivity contribution in [2.45, 2.75) is 64.3 Å². The van der Waals surface area contributed by atoms with Crippen LogP contribution in [0.25, 0.3) is 5.78 Å². The smallest absolute Gasteiger partial charge is 0.308 e. The maximum Gasteiger partial charge on any atom is 0.308 e. The Morgan fingerprint density at radius 2 is 1.94 bits per heavy atom. The fourth-order valence-corrected chi connectivity index (χ4v) is 4.22. The molecule has 8 nitrogen and oxygen atoms in total. The lowest BCUT2D eigenvalue weighted by atomic mass is 10.0. The van der Waals surface area contributed by atoms with Crippen LogP contribution in [-0.2, 0) is 20.7 Å². The number of esters is 1. The van der Waals surface area contributed by atoms with E-state index in [1.54, 1.807) is 36.6 Å². The van der Waals surface area contributed by atoms with E-state index < -0.39 is 12.0 Å². The summed E-state index contributed by atoms with van der Waals surface area (Å²) in [6.45, 7) is 7.42. The first-order valence-electron chi connectivity index (χ1n) is 10.7. The van der Waals surface area contributed by atoms with E-state index in [1.165, 1.54) is 11.8 Å². The molecule has 3 rings (SSSR count). The first-order chi connectivity index (χ1) is 15.7. The Morgan fingerprint density at radius 1 is 1.21 bits per heavy atom. The fourth-order valence-electron chi connectivity index (χ4n) is 3.62. The molecule has 0 radical (unpaired) electrons. The van der Waals surface area contributed by atoms with E-state index in [1.807, 2.05) is 26.2 Å². The zero-order valence-electron chi connectivity index (χ0n) is 19.4. The molecule has 1 N–H and O–H groups in total. The highest BCUT2D eigenvalue weighted by molar-refractivity contribution is 7.98. The number of benzene rings is 1. The lowest BCUT2D eigenvalue weighted by Crippen LogP contribution is -2.31. The summed E-state index contributed by atoms with van der Waals surface area (Å²) in [7, 11) is 0. The second-order valence-corrected chi connectivity index (χ2v) is 9.14. The molecule has 1 amide bonds. The number of ether oxygens (including phenoxy) is 1. The Morgan fingerprint density at radius 3 is 2.61 bits per heavy atom. The van der Waals surface area contributed by atoms with Crippen molar-refractivity contribution in [1.82, 2.24) is 24.9 Å². The number of thioether (sulfide) groups is 1. The van der Waals surface area contributed by atoms with Crippen molar-refractivity contribution < 1.29 is 14.3 Å². The molecule has 0 spiro atoms. The predicted octanol–water partition coefficient (Wildman–Crippen LogP) is 4.25. The molecule has 1 aromatic carbocycles. The third kappa shape index (κ3) is 6.23. The number of nitrogens with one attached hydrogen (secondary N) is 1. The predicted molar refractivity (Wildman–Crippen MR) is 129 cm³/mol. The Kier molecular flexibility index (Phi) is 8.31. The van der Waals surface area contributed by atoms with Gasteiger partial charge in [0.1, 0.15) is 0 Å². The summed E-state index contributed by atoms with van der Waals surface area (Å²) in [5, 5.41) is 8.54. The molecule has 0 aliphatic carbocycles. The standard InChI is InChI=1S/C23H28ClN5O3S/c1-13(2)32-21(31)12-19(17-8-6-7-9-18(17)24)26-20(30)11-10-16-14(3)25-22-27-23(33-5)28-29(22)15(16)4/h6-9,13,19H,10-12H2,1-5H3,(H,26,30). The van der Waals surface area contributed by atoms with Crippen molar-refractivity contribution in [2.24, 2.45) is 0 Å². The van der Waals surface area contributed by atoms with Crippen molar-refractivity contribution >= 4 is 41.0 Å². The molecule has 33 heavy (non-hydrogen) atoms. The number of rotatable bonds is 9. The second-order valence-electron chi connectivity index (χ2n) is 7.96. The largest absolute Gasteiger partial charge is 0.463 e. The first kappa shape index (κ1) is 25.0. The van der Waals surface area contributed by atoms with Gasteiger partial charge in [-0.3, -0.25) is 9.59 Å². The SMILES string of the molecule is CSc1nc2nc(C)c(CCC(=O)NC(CC(=O)OC(C)C)c3ccccc3Cl)c(C)n2n1. The van der Waals surface area contributed by atoms with Gasteiger partial charge < -0.3 is 10.1 Å². The number of carbonyl (C=O) groups excluding carboxylic acids is 2. The highest BCUT2D eigenvalue weighted by Gasteiger charge is 2.22. The molecule has 0 aliphatic heterocycles. The van der Waals surface area contributed by atoms with Gasteiger partial charge in [-0.1, -0.05) is 41.6 Å². The van der Waals surface area contributed by atoms with Crippen molar-refractivity contribution in [3.8, 4) is 0 Å². The Labute approximate surface area is 202 Å². The number of aryl methyl sites for hydroxylation is 2. The van der Waals surface area contributed by atoms with Crippen LogP contribution in [-0.4, -0.2) is 43.8 Å². The number of hydrogen-bond donors (Lipinski definition) is 1. The minimum atomic E-state index is -0.584. The van der Waals surface area contributed by atoms with Gasteiger partial charge >= 0.3 is 5.97 Å². The Hall–Kier alpha value is -2.65. The topological polar surface area (TPSA) is 98.5 Å². The van der Waals surface area contributed by atoms with E-state index in [2.05, 4.69) is 20.4 Å². The molecule has 10 heteroatoms. The lowest BCUT2D eigenvalue weighted by molar-refractivity contribution is -0.148. The summed E-state index contributed by atoms with van der Waals surface area (Å²) in [4.78, 5) is 34.1. The van der Waals surface area contributed by atoms with Gasteiger partial charge in [0, 0.05) is 22.8 Å². The molecule has 2 aromatic heterocycles. The Balaban J connectivity index is 1.75. The molecule has 0 saturated heterocycles. The maximum atomic E-state index is 12.9. The third-order valence-corrected chi connectivity index (χ3v) is 6.05. The number of hydrogen-bond acceptors (Lipinski definition) is 7. The summed E-state index contributed by atoms with van der Waals surface area (Å²) in [6.07, 6.45) is 2.37. The molecule has 1 atom stereocenters. The van der Waals surface area contributed by atoms with Crippen LogP contribution in [0.4, 0.5) is 0 Å². The molecular formula is C23H28ClN5O3S. The van der Waals surface area contributed by atoms with Gasteiger partial charge in [-0.25, -0.2) is 9.50 Å². The molecule has 2 heterocycles. The molecular weight excluding hydrogens is 462 g/mol. The monoisotopic (exact) mass is 489 g/mol. The van der Waals surface area contributed by atoms with Crippen LogP contribution in [0.3, 0.4) is 0 Å². The molecule has 0 saturated carbocycles. The van der Waals surface area contributed by atoms with E-state index in [4.69, 9.17) is 16.3 Å². The summed E-state index contributed by atoms with van der Waals surface area (Å²) in [6, 6.07) is 6.58. The average Bonchev–Trinajstić information content (AvgIpc) is 3.16. The lowest BCUT2D eigenvalue weighted by Gasteiger charge is -2.20. The molecule has 0 bridgehead atoms. The van der Waals surface area contributed by atoms with Gasteiger partial charge in [-0.15, -0.1) is 5.10 Å². The van der Waals surface area contributed by atoms with Crippen molar-refractivity contribution in [1.29, 1.82) is 0 Å². The van der Waals surface area contributed by atoms with Gasteiger partial charge in [0.25, 0.3) is 5.78 Å². The minimum Gasteiger partial charge on any atom is -0.463 e. The van der Waals surface area contributed by atoms with E-state index in [0.717, 1.165) is 17.0 Å². The second kappa shape index (κ2) is 11.0. The minimum absolute atomic E-state index is 0.00432. The van der Waals surface area contributed by atoms with Crippen LogP contribution in [0.2, 0.25) is 5.02 Å². The number of fused-ring (bicyclic) bond motifs is 1. The summed E-state index contributed by atoms with van der Waals surface area (Å²) in [5.74, 6) is -0.0445. The summed E-state index contributed by atoms with van der Waals surface area (Å²) >= 11 is 7.80. The summed E-state index contributed by atoms with van der Waals surface area (Å²) < 4.78 is 6.99. The number of halogens is 1. The van der Waals surface area contributed by atoms with Gasteiger partial charge in [-0.2, -0.15) is 4.98 Å². The normalized spacial score (nSPS) is 12.2. The van der Waals surface area contributed by atoms with Crippen LogP contribution in [0.5, 0.6) is 0 Å². The van der Waals surface area contributed by atoms with E-state index in [0.29, 0.717) is 27.9 Å². The average molecular weight is 490 g/mol. The molecule has 0 fully saturated rings. The molecule has 1 unspecified atom stereocenters. The number of amides is 1. The molecule has 176 valence electrons. The van der Waals surface area contributed by atoms with Crippen LogP contribution >= 0.6 is 23.4 Å². The quantitative estimate of drug-likeness (QED) is 0.354. The maximum absolute atomic E-state index is 12.9. The van der Waals surface area contributed by atoms with Crippen molar-refractivity contribution in [3.63, 3.8) is 0 Å².